The molecular weight excluding hydrogens is 188 g/mol. The number of nitrogens with one attached hydrogen (secondary N) is 1. The highest BCUT2D eigenvalue weighted by Crippen LogP contribution is 2.09. The van der Waals surface area contributed by atoms with Crippen LogP contribution >= 0.6 is 11.5 Å². The third-order valence-corrected chi connectivity index (χ3v) is 2.12. The number of carbonyl (C=O) groups excluding carboxylic acids is 1. The molecule has 6 heteroatoms. The van der Waals surface area contributed by atoms with Gasteiger partial charge in [0.2, 0.25) is 5.91 Å². The summed E-state index contributed by atoms with van der Waals surface area (Å²) in [5.41, 5.74) is 5.60. The SMILES string of the molecule is CCC[C@H](N)C(=O)Nc1cnns1. The zero-order chi connectivity index (χ0) is 9.68. The van der Waals surface area contributed by atoms with Crippen LogP contribution in [0, 0.1) is 0 Å². The number of hydrogen-bond acceptors (Lipinski definition) is 5. The minimum absolute atomic E-state index is 0.173. The summed E-state index contributed by atoms with van der Waals surface area (Å²) in [5, 5.41) is 6.87. The van der Waals surface area contributed by atoms with Crippen molar-refractivity contribution in [3.8, 4) is 0 Å². The first-order valence-corrected chi connectivity index (χ1v) is 4.85. The third kappa shape index (κ3) is 3.08. The maximum atomic E-state index is 11.3. The van der Waals surface area contributed by atoms with Gasteiger partial charge in [-0.25, -0.2) is 0 Å². The molecule has 0 aliphatic heterocycles. The molecular formula is C7H12N4OS. The van der Waals surface area contributed by atoms with Gasteiger partial charge in [-0.1, -0.05) is 17.8 Å². The summed E-state index contributed by atoms with van der Waals surface area (Å²) in [4.78, 5) is 11.3. The van der Waals surface area contributed by atoms with Gasteiger partial charge in [0.15, 0.2) is 0 Å². The van der Waals surface area contributed by atoms with Gasteiger partial charge in [0.1, 0.15) is 5.00 Å². The third-order valence-electron chi connectivity index (χ3n) is 1.54. The van der Waals surface area contributed by atoms with Gasteiger partial charge >= 0.3 is 0 Å². The zero-order valence-electron chi connectivity index (χ0n) is 7.36. The first-order valence-electron chi connectivity index (χ1n) is 4.08. The molecule has 1 aromatic rings. The average molecular weight is 200 g/mol. The number of amides is 1. The van der Waals surface area contributed by atoms with Crippen LogP contribution in [0.1, 0.15) is 19.8 Å². The molecule has 3 N–H and O–H groups in total. The summed E-state index contributed by atoms with van der Waals surface area (Å²) >= 11 is 1.14. The van der Waals surface area contributed by atoms with Crippen molar-refractivity contribution in [2.24, 2.45) is 5.73 Å². The first kappa shape index (κ1) is 10.1. The summed E-state index contributed by atoms with van der Waals surface area (Å²) in [6, 6.07) is -0.438. The summed E-state index contributed by atoms with van der Waals surface area (Å²) < 4.78 is 3.62. The topological polar surface area (TPSA) is 80.9 Å². The van der Waals surface area contributed by atoms with Crippen molar-refractivity contribution in [3.05, 3.63) is 6.20 Å². The maximum Gasteiger partial charge on any atom is 0.241 e. The lowest BCUT2D eigenvalue weighted by Crippen LogP contribution is -2.35. The molecule has 1 amide bonds. The van der Waals surface area contributed by atoms with Gasteiger partial charge in [-0.2, -0.15) is 0 Å². The quantitative estimate of drug-likeness (QED) is 0.746. The van der Waals surface area contributed by atoms with Gasteiger partial charge in [-0.3, -0.25) is 4.79 Å². The minimum Gasteiger partial charge on any atom is -0.320 e. The van der Waals surface area contributed by atoms with E-state index in [1.54, 1.807) is 0 Å². The monoisotopic (exact) mass is 200 g/mol. The first-order chi connectivity index (χ1) is 6.24. The fourth-order valence-electron chi connectivity index (χ4n) is 0.878. The molecule has 0 fully saturated rings. The Balaban J connectivity index is 2.41. The van der Waals surface area contributed by atoms with Crippen LogP contribution in [-0.2, 0) is 4.79 Å². The molecule has 0 spiro atoms. The molecule has 1 atom stereocenters. The molecule has 0 aliphatic carbocycles. The number of aromatic nitrogens is 2. The van der Waals surface area contributed by atoms with Crippen LogP contribution in [0.2, 0.25) is 0 Å². The molecule has 0 aromatic carbocycles. The predicted octanol–water partition coefficient (Wildman–Crippen LogP) is 0.604. The Kier molecular flexibility index (Phi) is 3.78. The van der Waals surface area contributed by atoms with Crippen LogP contribution in [0.25, 0.3) is 0 Å². The van der Waals surface area contributed by atoms with Gasteiger partial charge in [-0.15, -0.1) is 5.10 Å². The van der Waals surface area contributed by atoms with Gasteiger partial charge in [0.05, 0.1) is 12.2 Å². The van der Waals surface area contributed by atoms with Crippen LogP contribution in [0.15, 0.2) is 6.20 Å². The normalized spacial score (nSPS) is 12.5. The Hall–Kier alpha value is -1.01. The van der Waals surface area contributed by atoms with E-state index in [2.05, 4.69) is 14.9 Å². The van der Waals surface area contributed by atoms with Crippen LogP contribution in [0.4, 0.5) is 5.00 Å². The van der Waals surface area contributed by atoms with Crippen LogP contribution in [0.3, 0.4) is 0 Å². The molecule has 0 unspecified atom stereocenters. The van der Waals surface area contributed by atoms with Crippen molar-refractivity contribution < 1.29 is 4.79 Å². The number of hydrogen-bond donors (Lipinski definition) is 2. The van der Waals surface area contributed by atoms with Crippen LogP contribution < -0.4 is 11.1 Å². The summed E-state index contributed by atoms with van der Waals surface area (Å²) in [7, 11) is 0. The zero-order valence-corrected chi connectivity index (χ0v) is 8.17. The van der Waals surface area contributed by atoms with Gasteiger partial charge in [-0.05, 0) is 6.42 Å². The largest absolute Gasteiger partial charge is 0.320 e. The number of nitrogens with zero attached hydrogens (tertiary/aromatic N) is 2. The number of rotatable bonds is 4. The Morgan fingerprint density at radius 3 is 3.15 bits per heavy atom. The van der Waals surface area contributed by atoms with E-state index < -0.39 is 6.04 Å². The molecule has 0 aliphatic rings. The molecule has 0 bridgehead atoms. The Bertz CT molecular complexity index is 261. The number of anilines is 1. The van der Waals surface area contributed by atoms with Crippen molar-refractivity contribution in [2.45, 2.75) is 25.8 Å². The summed E-state index contributed by atoms with van der Waals surface area (Å²) in [5.74, 6) is -0.173. The number of carbonyl (C=O) groups is 1. The van der Waals surface area contributed by atoms with Crippen molar-refractivity contribution in [1.82, 2.24) is 9.59 Å². The molecule has 5 nitrogen and oxygen atoms in total. The molecule has 0 saturated heterocycles. The maximum absolute atomic E-state index is 11.3. The molecule has 1 aromatic heterocycles. The second-order valence-electron chi connectivity index (χ2n) is 2.67. The molecule has 13 heavy (non-hydrogen) atoms. The lowest BCUT2D eigenvalue weighted by molar-refractivity contribution is -0.117. The average Bonchev–Trinajstić information content (AvgIpc) is 2.57. The lowest BCUT2D eigenvalue weighted by Gasteiger charge is -2.08. The van der Waals surface area contributed by atoms with E-state index in [1.807, 2.05) is 6.92 Å². The Morgan fingerprint density at radius 2 is 2.62 bits per heavy atom. The Morgan fingerprint density at radius 1 is 1.85 bits per heavy atom. The molecule has 1 heterocycles. The van der Waals surface area contributed by atoms with Gasteiger partial charge in [0.25, 0.3) is 0 Å². The van der Waals surface area contributed by atoms with E-state index >= 15 is 0 Å². The van der Waals surface area contributed by atoms with Crippen molar-refractivity contribution >= 4 is 22.4 Å². The fourth-order valence-corrected chi connectivity index (χ4v) is 1.30. The number of nitrogens with two attached hydrogens (primary N) is 1. The summed E-state index contributed by atoms with van der Waals surface area (Å²) in [6.45, 7) is 1.99. The van der Waals surface area contributed by atoms with E-state index in [1.165, 1.54) is 6.20 Å². The fraction of sp³-hybridized carbons (Fsp3) is 0.571. The molecule has 0 saturated carbocycles. The van der Waals surface area contributed by atoms with Gasteiger partial charge < -0.3 is 11.1 Å². The van der Waals surface area contributed by atoms with Crippen molar-refractivity contribution in [3.63, 3.8) is 0 Å². The van der Waals surface area contributed by atoms with E-state index in [-0.39, 0.29) is 5.91 Å². The highest BCUT2D eigenvalue weighted by atomic mass is 32.1. The minimum atomic E-state index is -0.438. The molecule has 72 valence electrons. The highest BCUT2D eigenvalue weighted by molar-refractivity contribution is 7.10. The van der Waals surface area contributed by atoms with E-state index in [9.17, 15) is 4.79 Å². The second kappa shape index (κ2) is 4.88. The van der Waals surface area contributed by atoms with Crippen molar-refractivity contribution in [1.29, 1.82) is 0 Å². The second-order valence-corrected chi connectivity index (χ2v) is 3.45. The van der Waals surface area contributed by atoms with Crippen LogP contribution in [0.5, 0.6) is 0 Å². The standard InChI is InChI=1S/C7H12N4OS/c1-2-3-5(8)7(12)10-6-4-9-11-13-6/h4-5H,2-3,8H2,1H3,(H,10,12)/t5-/m0/s1. The van der Waals surface area contributed by atoms with Gasteiger partial charge in [0, 0.05) is 11.5 Å². The van der Waals surface area contributed by atoms with Crippen molar-refractivity contribution in [2.75, 3.05) is 5.32 Å². The highest BCUT2D eigenvalue weighted by Gasteiger charge is 2.12. The molecule has 1 rings (SSSR count). The summed E-state index contributed by atoms with van der Waals surface area (Å²) in [6.07, 6.45) is 3.09. The lowest BCUT2D eigenvalue weighted by atomic mass is 10.2. The molecule has 0 radical (unpaired) electrons. The van der Waals surface area contributed by atoms with E-state index in [0.29, 0.717) is 11.4 Å². The smallest absolute Gasteiger partial charge is 0.241 e. The Labute approximate surface area is 80.5 Å². The van der Waals surface area contributed by atoms with E-state index in [0.717, 1.165) is 18.0 Å². The predicted molar refractivity (Wildman–Crippen MR) is 51.4 cm³/mol. The van der Waals surface area contributed by atoms with E-state index in [4.69, 9.17) is 5.73 Å². The van der Waals surface area contributed by atoms with Crippen LogP contribution in [-0.4, -0.2) is 21.5 Å².